The van der Waals surface area contributed by atoms with Crippen LogP contribution in [0.3, 0.4) is 0 Å². The molecule has 0 unspecified atom stereocenters. The average molecular weight is 638 g/mol. The molecule has 3 heterocycles. The number of halogens is 4. The van der Waals surface area contributed by atoms with Gasteiger partial charge in [0.2, 0.25) is 10.0 Å². The first-order valence-electron chi connectivity index (χ1n) is 12.2. The van der Waals surface area contributed by atoms with Crippen molar-refractivity contribution < 1.29 is 27.1 Å². The quantitative estimate of drug-likeness (QED) is 0.384. The summed E-state index contributed by atoms with van der Waals surface area (Å²) in [4.78, 5) is 19.4. The number of carbonyl (C=O) groups is 1. The van der Waals surface area contributed by atoms with Crippen LogP contribution in [0, 0.1) is 0 Å². The minimum absolute atomic E-state index is 0.0769. The van der Waals surface area contributed by atoms with E-state index in [4.69, 9.17) is 23.2 Å². The second-order valence-electron chi connectivity index (χ2n) is 10.3. The SMILES string of the molecule is CC(C)NS(=O)(=O)c1ccc(-c2sc(-c3nnc(C(C)(C)O)n3C)nc2C(=O)N2CCC(F)(F)CC2)c(Cl)c1Cl. The summed E-state index contributed by atoms with van der Waals surface area (Å²) in [5.41, 5.74) is -1.17. The zero-order valence-corrected chi connectivity index (χ0v) is 25.4. The predicted molar refractivity (Wildman–Crippen MR) is 148 cm³/mol. The van der Waals surface area contributed by atoms with Crippen LogP contribution in [0.1, 0.15) is 56.8 Å². The molecule has 1 amide bonds. The number of nitrogens with zero attached hydrogens (tertiary/aromatic N) is 5. The maximum atomic E-state index is 13.8. The van der Waals surface area contributed by atoms with E-state index < -0.39 is 46.3 Å². The molecule has 1 fully saturated rings. The minimum atomic E-state index is -3.99. The van der Waals surface area contributed by atoms with Gasteiger partial charge in [-0.05, 0) is 33.8 Å². The van der Waals surface area contributed by atoms with Crippen LogP contribution in [0.25, 0.3) is 21.3 Å². The first kappa shape index (κ1) is 30.7. The molecular weight excluding hydrogens is 609 g/mol. The zero-order valence-electron chi connectivity index (χ0n) is 22.3. The van der Waals surface area contributed by atoms with Gasteiger partial charge >= 0.3 is 0 Å². The lowest BCUT2D eigenvalue weighted by Gasteiger charge is -2.31. The summed E-state index contributed by atoms with van der Waals surface area (Å²) in [6, 6.07) is 2.29. The Morgan fingerprint density at radius 2 is 1.80 bits per heavy atom. The molecule has 0 radical (unpaired) electrons. The third kappa shape index (κ3) is 6.02. The van der Waals surface area contributed by atoms with Crippen molar-refractivity contribution in [1.82, 2.24) is 29.4 Å². The van der Waals surface area contributed by atoms with Gasteiger partial charge in [0, 0.05) is 44.6 Å². The lowest BCUT2D eigenvalue weighted by atomic mass is 10.1. The molecule has 2 N–H and O–H groups in total. The minimum Gasteiger partial charge on any atom is -0.382 e. The second kappa shape index (κ2) is 10.9. The van der Waals surface area contributed by atoms with Gasteiger partial charge in [0.05, 0.1) is 14.9 Å². The first-order valence-corrected chi connectivity index (χ1v) is 15.3. The third-order valence-corrected chi connectivity index (χ3v) is 9.98. The standard InChI is InChI=1S/C24H28Cl2F2N6O4S2/c1-12(2)32-40(37,38)14-7-6-13(15(25)16(14)26)18-17(21(35)34-10-8-24(27,28)9-11-34)29-20(39-18)19-30-31-22(33(19)5)23(3,4)36/h6-7,12,32,36H,8-11H2,1-5H3. The maximum absolute atomic E-state index is 13.8. The van der Waals surface area contributed by atoms with Crippen molar-refractivity contribution in [1.29, 1.82) is 0 Å². The number of carbonyl (C=O) groups excluding carboxylic acids is 1. The molecule has 0 atom stereocenters. The maximum Gasteiger partial charge on any atom is 0.274 e. The van der Waals surface area contributed by atoms with Crippen molar-refractivity contribution in [3.63, 3.8) is 0 Å². The van der Waals surface area contributed by atoms with Crippen molar-refractivity contribution in [3.8, 4) is 21.3 Å². The molecule has 40 heavy (non-hydrogen) atoms. The van der Waals surface area contributed by atoms with E-state index in [1.165, 1.54) is 21.6 Å². The van der Waals surface area contributed by atoms with Crippen LogP contribution in [0.4, 0.5) is 8.78 Å². The Morgan fingerprint density at radius 3 is 2.35 bits per heavy atom. The van der Waals surface area contributed by atoms with Crippen LogP contribution in [0.5, 0.6) is 0 Å². The summed E-state index contributed by atoms with van der Waals surface area (Å²) >= 11 is 14.0. The number of aromatic nitrogens is 4. The number of thiazole rings is 1. The van der Waals surface area contributed by atoms with E-state index in [0.29, 0.717) is 0 Å². The van der Waals surface area contributed by atoms with Gasteiger partial charge in [-0.25, -0.2) is 26.9 Å². The van der Waals surface area contributed by atoms with Gasteiger partial charge in [0.15, 0.2) is 16.7 Å². The average Bonchev–Trinajstić information content (AvgIpc) is 3.43. The van der Waals surface area contributed by atoms with Crippen LogP contribution in [-0.2, 0) is 22.7 Å². The molecule has 1 aliphatic rings. The number of nitrogens with one attached hydrogen (secondary N) is 1. The van der Waals surface area contributed by atoms with Gasteiger partial charge < -0.3 is 14.6 Å². The Labute approximate surface area is 244 Å². The largest absolute Gasteiger partial charge is 0.382 e. The highest BCUT2D eigenvalue weighted by Gasteiger charge is 2.38. The molecule has 0 aliphatic carbocycles. The van der Waals surface area contributed by atoms with E-state index in [9.17, 15) is 27.1 Å². The van der Waals surface area contributed by atoms with Gasteiger partial charge in [-0.3, -0.25) is 4.79 Å². The molecule has 0 spiro atoms. The second-order valence-corrected chi connectivity index (χ2v) is 13.8. The number of aliphatic hydroxyl groups is 1. The molecule has 16 heteroatoms. The molecule has 0 saturated carbocycles. The van der Waals surface area contributed by atoms with Gasteiger partial charge in [0.1, 0.15) is 16.2 Å². The fourth-order valence-electron chi connectivity index (χ4n) is 4.27. The van der Waals surface area contributed by atoms with E-state index in [0.717, 1.165) is 11.3 Å². The van der Waals surface area contributed by atoms with Crippen molar-refractivity contribution in [2.24, 2.45) is 7.05 Å². The Balaban J connectivity index is 1.86. The summed E-state index contributed by atoms with van der Waals surface area (Å²) in [5.74, 6) is -2.96. The van der Waals surface area contributed by atoms with E-state index in [-0.39, 0.29) is 60.8 Å². The number of amides is 1. The highest BCUT2D eigenvalue weighted by molar-refractivity contribution is 7.89. The van der Waals surface area contributed by atoms with Gasteiger partial charge in [-0.1, -0.05) is 29.3 Å². The third-order valence-electron chi connectivity index (χ3n) is 6.20. The van der Waals surface area contributed by atoms with Crippen LogP contribution >= 0.6 is 34.5 Å². The van der Waals surface area contributed by atoms with Crippen molar-refractivity contribution >= 4 is 50.5 Å². The van der Waals surface area contributed by atoms with Gasteiger partial charge in [0.25, 0.3) is 11.8 Å². The topological polar surface area (TPSA) is 130 Å². The summed E-state index contributed by atoms with van der Waals surface area (Å²) < 4.78 is 57.1. The smallest absolute Gasteiger partial charge is 0.274 e. The molecule has 2 aromatic heterocycles. The highest BCUT2D eigenvalue weighted by Crippen LogP contribution is 2.44. The number of alkyl halides is 2. The van der Waals surface area contributed by atoms with Crippen LogP contribution in [-0.4, -0.2) is 69.1 Å². The molecular formula is C24H28Cl2F2N6O4S2. The van der Waals surface area contributed by atoms with E-state index in [1.54, 1.807) is 34.7 Å². The molecule has 4 rings (SSSR count). The Morgan fingerprint density at radius 1 is 1.18 bits per heavy atom. The molecule has 10 nitrogen and oxygen atoms in total. The summed E-state index contributed by atoms with van der Waals surface area (Å²) in [6.45, 7) is 6.06. The van der Waals surface area contributed by atoms with Crippen LogP contribution in [0.2, 0.25) is 10.0 Å². The number of benzene rings is 1. The number of hydrogen-bond donors (Lipinski definition) is 2. The number of rotatable bonds is 7. The van der Waals surface area contributed by atoms with E-state index >= 15 is 0 Å². The molecule has 1 saturated heterocycles. The van der Waals surface area contributed by atoms with Crippen molar-refractivity contribution in [2.75, 3.05) is 13.1 Å². The lowest BCUT2D eigenvalue weighted by Crippen LogP contribution is -2.43. The number of sulfonamides is 1. The molecule has 1 aliphatic heterocycles. The molecule has 218 valence electrons. The molecule has 3 aromatic rings. The molecule has 1 aromatic carbocycles. The van der Waals surface area contributed by atoms with Crippen molar-refractivity contribution in [2.45, 2.75) is 63.0 Å². The Hall–Kier alpha value is -2.23. The van der Waals surface area contributed by atoms with E-state index in [1.807, 2.05) is 0 Å². The Bertz CT molecular complexity index is 1560. The zero-order chi connectivity index (χ0) is 29.8. The van der Waals surface area contributed by atoms with E-state index in [2.05, 4.69) is 19.9 Å². The number of hydrogen-bond acceptors (Lipinski definition) is 8. The lowest BCUT2D eigenvalue weighted by molar-refractivity contribution is -0.0494. The fraction of sp³-hybridized carbons (Fsp3) is 0.500. The van der Waals surface area contributed by atoms with Crippen LogP contribution in [0.15, 0.2) is 17.0 Å². The number of likely N-dealkylation sites (tertiary alicyclic amines) is 1. The van der Waals surface area contributed by atoms with Crippen molar-refractivity contribution in [3.05, 3.63) is 33.7 Å². The predicted octanol–water partition coefficient (Wildman–Crippen LogP) is 4.70. The summed E-state index contributed by atoms with van der Waals surface area (Å²) in [5, 5.41) is 18.5. The Kier molecular flexibility index (Phi) is 8.35. The summed E-state index contributed by atoms with van der Waals surface area (Å²) in [6.07, 6.45) is -0.962. The van der Waals surface area contributed by atoms with Gasteiger partial charge in [-0.15, -0.1) is 21.5 Å². The summed E-state index contributed by atoms with van der Waals surface area (Å²) in [7, 11) is -2.36. The normalized spacial score (nSPS) is 16.1. The fourth-order valence-corrected chi connectivity index (χ4v) is 7.55. The highest BCUT2D eigenvalue weighted by atomic mass is 35.5. The molecule has 0 bridgehead atoms. The first-order chi connectivity index (χ1) is 18.4. The van der Waals surface area contributed by atoms with Gasteiger partial charge in [-0.2, -0.15) is 0 Å². The monoisotopic (exact) mass is 636 g/mol. The number of piperidine rings is 1. The van der Waals surface area contributed by atoms with Crippen LogP contribution < -0.4 is 4.72 Å².